The van der Waals surface area contributed by atoms with Gasteiger partial charge in [-0.25, -0.2) is 20.2 Å². The number of anilines is 2. The molecule has 16 nitrogen and oxygen atoms in total. The van der Waals surface area contributed by atoms with Gasteiger partial charge in [0.1, 0.15) is 11.6 Å². The predicted molar refractivity (Wildman–Crippen MR) is 192 cm³/mol. The van der Waals surface area contributed by atoms with Gasteiger partial charge in [0.15, 0.2) is 0 Å². The van der Waals surface area contributed by atoms with Gasteiger partial charge in [-0.2, -0.15) is 5.10 Å². The second kappa shape index (κ2) is 23.0. The number of unbranched alkanes of at least 4 members (excludes halogenated alkanes) is 3. The first-order valence-electron chi connectivity index (χ1n) is 15.5. The quantitative estimate of drug-likeness (QED) is 0.0757. The van der Waals surface area contributed by atoms with Crippen LogP contribution < -0.4 is 15.6 Å². The number of ether oxygens (including phenoxy) is 2. The molecule has 0 bridgehead atoms. The van der Waals surface area contributed by atoms with Crippen LogP contribution in [0.2, 0.25) is 0 Å². The Bertz CT molecular complexity index is 1630. The summed E-state index contributed by atoms with van der Waals surface area (Å²) in [6.45, 7) is 5.13. The molecule has 274 valence electrons. The second-order valence-corrected chi connectivity index (χ2v) is 10.5. The number of hydrogen-bond acceptors (Lipinski definition) is 9. The van der Waals surface area contributed by atoms with Crippen LogP contribution in [0.4, 0.5) is 16.3 Å². The summed E-state index contributed by atoms with van der Waals surface area (Å²) in [6.07, 6.45) is 6.79. The molecule has 0 radical (unpaired) electrons. The molecule has 0 spiro atoms. The fourth-order valence-corrected chi connectivity index (χ4v) is 4.72. The fourth-order valence-electron chi connectivity index (χ4n) is 4.72. The first-order chi connectivity index (χ1) is 22.4. The largest absolute Gasteiger partial charge is 0.466 e. The lowest BCUT2D eigenvalue weighted by Gasteiger charge is -2.21. The van der Waals surface area contributed by atoms with Crippen LogP contribution in [0.1, 0.15) is 67.7 Å². The number of nitrogens with one attached hydrogen (secondary N) is 2. The number of esters is 1. The lowest BCUT2D eigenvalue weighted by molar-refractivity contribution is -0.142. The number of imidazole rings is 1. The number of carbonyl (C=O) groups is 3. The van der Waals surface area contributed by atoms with Crippen LogP contribution in [-0.2, 0) is 27.9 Å². The third kappa shape index (κ3) is 12.9. The first-order valence-corrected chi connectivity index (χ1v) is 15.5. The van der Waals surface area contributed by atoms with Gasteiger partial charge in [-0.15, -0.1) is 0 Å². The Morgan fingerprint density at radius 3 is 2.38 bits per heavy atom. The summed E-state index contributed by atoms with van der Waals surface area (Å²) in [5.74, 6) is 0.575. The van der Waals surface area contributed by atoms with Gasteiger partial charge in [0.05, 0.1) is 43.4 Å². The lowest BCUT2D eigenvalue weighted by atomic mass is 10.1. The van der Waals surface area contributed by atoms with Crippen LogP contribution in [0, 0.1) is 0 Å². The van der Waals surface area contributed by atoms with Crippen LogP contribution >= 0.6 is 0 Å². The van der Waals surface area contributed by atoms with Gasteiger partial charge in [0, 0.05) is 31.0 Å². The molecule has 16 heteroatoms. The molecule has 0 aliphatic carbocycles. The number of carbonyl (C=O) groups excluding carboxylic acids is 3. The molecule has 0 fully saturated rings. The van der Waals surface area contributed by atoms with Crippen LogP contribution in [0.25, 0.3) is 11.0 Å². The van der Waals surface area contributed by atoms with Gasteiger partial charge in [0.25, 0.3) is 5.91 Å². The standard InChI is InChI=1S/C34H41N7O5.4H2O/c1-4-6-7-10-21-46-34(44)39-37-23-25-12-15-27(16-13-25)36-24-31-38-28-22-26(14-17-29(28)40(31)3)33(43)41(20-18-32(42)45-5-2)30-11-8-9-19-35-30;;;;/h8-9,11-17,19,22-23,36H,4-7,10,18,20-21,24H2,1-3H3,(H,39,44);4*1H2. The molecule has 0 saturated heterocycles. The normalized spacial score (nSPS) is 10.1. The van der Waals surface area contributed by atoms with E-state index in [9.17, 15) is 14.4 Å². The van der Waals surface area contributed by atoms with Crippen LogP contribution in [-0.4, -0.2) is 80.4 Å². The Morgan fingerprint density at radius 2 is 1.70 bits per heavy atom. The SMILES string of the molecule is CCCCCCOC(=O)NN=Cc1ccc(NCc2nc3cc(C(=O)N(CCC(=O)OCC)c4ccccn4)ccc3n2C)cc1.O.O.O.O. The van der Waals surface area contributed by atoms with Crippen LogP contribution in [0.15, 0.2) is 72.0 Å². The molecule has 2 aromatic carbocycles. The molecule has 10 N–H and O–H groups in total. The molecule has 0 aliphatic rings. The predicted octanol–water partition coefficient (Wildman–Crippen LogP) is 2.52. The highest BCUT2D eigenvalue weighted by Gasteiger charge is 2.21. The maximum Gasteiger partial charge on any atom is 0.427 e. The zero-order chi connectivity index (χ0) is 32.7. The summed E-state index contributed by atoms with van der Waals surface area (Å²) in [5, 5.41) is 7.33. The van der Waals surface area contributed by atoms with Gasteiger partial charge in [-0.1, -0.05) is 44.4 Å². The molecular formula is C34H49N7O9. The minimum atomic E-state index is -0.565. The highest BCUT2D eigenvalue weighted by molar-refractivity contribution is 6.07. The number of amides is 2. The van der Waals surface area contributed by atoms with Gasteiger partial charge in [-0.05, 0) is 61.4 Å². The Kier molecular flexibility index (Phi) is 20.5. The number of pyridine rings is 1. The fraction of sp³-hybridized carbons (Fsp3) is 0.353. The molecule has 0 atom stereocenters. The van der Waals surface area contributed by atoms with Crippen molar-refractivity contribution in [2.75, 3.05) is 30.0 Å². The van der Waals surface area contributed by atoms with Gasteiger partial charge in [0.2, 0.25) is 0 Å². The topological polar surface area (TPSA) is 266 Å². The highest BCUT2D eigenvalue weighted by atomic mass is 16.6. The molecule has 2 amide bonds. The molecule has 4 rings (SSSR count). The molecule has 2 heterocycles. The molecule has 4 aromatic rings. The van der Waals surface area contributed by atoms with Crippen molar-refractivity contribution >= 4 is 46.7 Å². The van der Waals surface area contributed by atoms with Crippen molar-refractivity contribution in [3.05, 3.63) is 83.8 Å². The summed E-state index contributed by atoms with van der Waals surface area (Å²) >= 11 is 0. The molecule has 2 aromatic heterocycles. The summed E-state index contributed by atoms with van der Waals surface area (Å²) in [6, 6.07) is 18.3. The Hall–Kier alpha value is -5.42. The number of aryl methyl sites for hydroxylation is 1. The molecule has 0 aliphatic heterocycles. The maximum atomic E-state index is 13.6. The van der Waals surface area contributed by atoms with Crippen molar-refractivity contribution in [3.8, 4) is 0 Å². The van der Waals surface area contributed by atoms with E-state index in [2.05, 4.69) is 27.8 Å². The average Bonchev–Trinajstić information content (AvgIpc) is 3.39. The summed E-state index contributed by atoms with van der Waals surface area (Å²) in [4.78, 5) is 48.0. The van der Waals surface area contributed by atoms with Gasteiger partial charge in [-0.3, -0.25) is 14.5 Å². The van der Waals surface area contributed by atoms with E-state index in [1.165, 1.54) is 4.90 Å². The molecule has 0 unspecified atom stereocenters. The number of benzene rings is 2. The smallest absolute Gasteiger partial charge is 0.427 e. The van der Waals surface area contributed by atoms with E-state index in [1.807, 2.05) is 41.9 Å². The number of hydrazone groups is 1. The molecule has 0 saturated carbocycles. The number of rotatable bonds is 16. The van der Waals surface area contributed by atoms with Crippen molar-refractivity contribution in [2.24, 2.45) is 12.1 Å². The van der Waals surface area contributed by atoms with Crippen molar-refractivity contribution in [3.63, 3.8) is 0 Å². The summed E-state index contributed by atoms with van der Waals surface area (Å²) < 4.78 is 12.1. The van der Waals surface area contributed by atoms with E-state index in [1.54, 1.807) is 49.7 Å². The van der Waals surface area contributed by atoms with E-state index < -0.39 is 6.09 Å². The number of aromatic nitrogens is 3. The first kappa shape index (κ1) is 44.6. The zero-order valence-electron chi connectivity index (χ0n) is 28.6. The van der Waals surface area contributed by atoms with E-state index >= 15 is 0 Å². The van der Waals surface area contributed by atoms with Crippen molar-refractivity contribution < 1.29 is 45.8 Å². The number of nitrogens with zero attached hydrogens (tertiary/aromatic N) is 5. The molecular weight excluding hydrogens is 650 g/mol. The van der Waals surface area contributed by atoms with E-state index in [0.29, 0.717) is 30.0 Å². The maximum absolute atomic E-state index is 13.6. The summed E-state index contributed by atoms with van der Waals surface area (Å²) in [5.41, 5.74) is 6.07. The van der Waals surface area contributed by atoms with E-state index in [0.717, 1.165) is 48.3 Å². The average molecular weight is 700 g/mol. The van der Waals surface area contributed by atoms with Gasteiger partial charge >= 0.3 is 12.1 Å². The third-order valence-corrected chi connectivity index (χ3v) is 7.20. The number of fused-ring (bicyclic) bond motifs is 1. The van der Waals surface area contributed by atoms with Crippen molar-refractivity contribution in [1.29, 1.82) is 0 Å². The van der Waals surface area contributed by atoms with Crippen molar-refractivity contribution in [2.45, 2.75) is 52.5 Å². The Morgan fingerprint density at radius 1 is 0.940 bits per heavy atom. The highest BCUT2D eigenvalue weighted by Crippen LogP contribution is 2.21. The van der Waals surface area contributed by atoms with Crippen LogP contribution in [0.5, 0.6) is 0 Å². The third-order valence-electron chi connectivity index (χ3n) is 7.20. The number of hydrogen-bond donors (Lipinski definition) is 2. The lowest BCUT2D eigenvalue weighted by Crippen LogP contribution is -2.34. The minimum Gasteiger partial charge on any atom is -0.466 e. The minimum absolute atomic E-state index is 0. The van der Waals surface area contributed by atoms with E-state index in [-0.39, 0.29) is 53.4 Å². The Labute approximate surface area is 290 Å². The second-order valence-electron chi connectivity index (χ2n) is 10.5. The monoisotopic (exact) mass is 699 g/mol. The van der Waals surface area contributed by atoms with Gasteiger partial charge < -0.3 is 41.3 Å². The van der Waals surface area contributed by atoms with Crippen molar-refractivity contribution in [1.82, 2.24) is 20.0 Å². The van der Waals surface area contributed by atoms with Crippen LogP contribution in [0.3, 0.4) is 0 Å². The molecule has 50 heavy (non-hydrogen) atoms. The van der Waals surface area contributed by atoms with E-state index in [4.69, 9.17) is 14.5 Å². The zero-order valence-corrected chi connectivity index (χ0v) is 28.6. The Balaban J connectivity index is 0.00000600. The summed E-state index contributed by atoms with van der Waals surface area (Å²) in [7, 11) is 1.93.